The largest absolute Gasteiger partial charge is 0.464 e. The number of esters is 2. The lowest BCUT2D eigenvalue weighted by Crippen LogP contribution is -2.34. The van der Waals surface area contributed by atoms with E-state index in [0.717, 1.165) is 56.6 Å². The number of halogens is 1. The zero-order valence-corrected chi connectivity index (χ0v) is 18.7. The van der Waals surface area contributed by atoms with Crippen LogP contribution >= 0.6 is 12.4 Å². The lowest BCUT2D eigenvalue weighted by atomic mass is 10.4. The molecule has 2 saturated heterocycles. The van der Waals surface area contributed by atoms with E-state index in [0.29, 0.717) is 13.1 Å². The van der Waals surface area contributed by atoms with Crippen molar-refractivity contribution in [1.29, 1.82) is 0 Å². The number of hydrogen-bond acceptors (Lipinski definition) is 9. The van der Waals surface area contributed by atoms with Crippen molar-refractivity contribution in [2.45, 2.75) is 39.5 Å². The van der Waals surface area contributed by atoms with Crippen LogP contribution in [0.3, 0.4) is 0 Å². The molecule has 0 unspecified atom stereocenters. The first-order valence-corrected chi connectivity index (χ1v) is 10.4. The molecular formula is C20H32ClN5O4. The highest BCUT2D eigenvalue weighted by Crippen LogP contribution is 2.27. The lowest BCUT2D eigenvalue weighted by molar-refractivity contribution is -0.141. The molecule has 0 atom stereocenters. The summed E-state index contributed by atoms with van der Waals surface area (Å²) in [6.45, 7) is 8.14. The third kappa shape index (κ3) is 6.90. The number of hydrogen-bond donors (Lipinski definition) is 0. The highest BCUT2D eigenvalue weighted by atomic mass is 35.5. The standard InChI is InChI=1S/C20H31N5O4.ClH/c1-16(26)28-13-11-24(12-14-29-17(2)27)19-15-18(23-7-3-4-8-23)21-20(22-19)25-9-5-6-10-25;/h15H,3-14H2,1-2H3;1H. The molecule has 0 radical (unpaired) electrons. The van der Waals surface area contributed by atoms with Crippen molar-refractivity contribution in [3.63, 3.8) is 0 Å². The molecular weight excluding hydrogens is 410 g/mol. The van der Waals surface area contributed by atoms with E-state index < -0.39 is 0 Å². The van der Waals surface area contributed by atoms with E-state index in [1.807, 2.05) is 11.0 Å². The summed E-state index contributed by atoms with van der Waals surface area (Å²) in [5.74, 6) is 1.81. The molecule has 0 spiro atoms. The topological polar surface area (TPSA) is 88.1 Å². The first kappa shape index (κ1) is 24.0. The van der Waals surface area contributed by atoms with Crippen molar-refractivity contribution in [3.05, 3.63) is 6.07 Å². The number of carbonyl (C=O) groups excluding carboxylic acids is 2. The maximum Gasteiger partial charge on any atom is 0.302 e. The van der Waals surface area contributed by atoms with Crippen molar-refractivity contribution in [2.75, 3.05) is 67.2 Å². The summed E-state index contributed by atoms with van der Waals surface area (Å²) < 4.78 is 10.3. The molecule has 10 heteroatoms. The van der Waals surface area contributed by atoms with Gasteiger partial charge in [-0.3, -0.25) is 9.59 Å². The fourth-order valence-electron chi connectivity index (χ4n) is 3.68. The molecule has 2 fully saturated rings. The molecule has 9 nitrogen and oxygen atoms in total. The number of aromatic nitrogens is 2. The number of nitrogens with zero attached hydrogens (tertiary/aromatic N) is 5. The molecule has 1 aromatic heterocycles. The van der Waals surface area contributed by atoms with Crippen LogP contribution in [-0.4, -0.2) is 74.4 Å². The summed E-state index contributed by atoms with van der Waals surface area (Å²) in [7, 11) is 0. The van der Waals surface area contributed by atoms with Gasteiger partial charge >= 0.3 is 11.9 Å². The molecule has 3 rings (SSSR count). The molecule has 0 saturated carbocycles. The first-order chi connectivity index (χ1) is 14.0. The SMILES string of the molecule is CC(=O)OCCN(CCOC(C)=O)c1cc(N2CCCC2)nc(N2CCCC2)n1.Cl. The second-order valence-corrected chi connectivity index (χ2v) is 7.44. The molecule has 0 aromatic carbocycles. The molecule has 0 amide bonds. The van der Waals surface area contributed by atoms with Gasteiger partial charge in [-0.2, -0.15) is 9.97 Å². The summed E-state index contributed by atoms with van der Waals surface area (Å²) in [5, 5.41) is 0. The summed E-state index contributed by atoms with van der Waals surface area (Å²) in [5.41, 5.74) is 0. The number of carbonyl (C=O) groups is 2. The molecule has 2 aliphatic rings. The minimum absolute atomic E-state index is 0. The van der Waals surface area contributed by atoms with Crippen LogP contribution in [0.15, 0.2) is 6.07 Å². The van der Waals surface area contributed by atoms with Crippen LogP contribution in [0.5, 0.6) is 0 Å². The minimum atomic E-state index is -0.317. The number of ether oxygens (including phenoxy) is 2. The van der Waals surface area contributed by atoms with Crippen LogP contribution in [0.4, 0.5) is 17.6 Å². The Labute approximate surface area is 184 Å². The Kier molecular flexibility index (Phi) is 9.42. The van der Waals surface area contributed by atoms with Gasteiger partial charge in [-0.05, 0) is 25.7 Å². The van der Waals surface area contributed by atoms with Crippen LogP contribution in [0, 0.1) is 0 Å². The van der Waals surface area contributed by atoms with Gasteiger partial charge in [0, 0.05) is 46.1 Å². The Morgan fingerprint density at radius 2 is 1.40 bits per heavy atom. The normalized spacial score (nSPS) is 15.7. The van der Waals surface area contributed by atoms with E-state index in [1.165, 1.54) is 26.7 Å². The zero-order valence-electron chi connectivity index (χ0n) is 17.8. The molecule has 1 aromatic rings. The van der Waals surface area contributed by atoms with Gasteiger partial charge < -0.3 is 24.2 Å². The smallest absolute Gasteiger partial charge is 0.302 e. The van der Waals surface area contributed by atoms with E-state index in [-0.39, 0.29) is 37.6 Å². The summed E-state index contributed by atoms with van der Waals surface area (Å²) in [4.78, 5) is 38.5. The number of rotatable bonds is 9. The van der Waals surface area contributed by atoms with Crippen LogP contribution in [0.25, 0.3) is 0 Å². The van der Waals surface area contributed by atoms with Crippen molar-refractivity contribution in [1.82, 2.24) is 9.97 Å². The van der Waals surface area contributed by atoms with E-state index in [4.69, 9.17) is 19.4 Å². The molecule has 0 N–H and O–H groups in total. The third-order valence-corrected chi connectivity index (χ3v) is 5.16. The Morgan fingerprint density at radius 1 is 0.900 bits per heavy atom. The van der Waals surface area contributed by atoms with Crippen molar-refractivity contribution in [3.8, 4) is 0 Å². The van der Waals surface area contributed by atoms with E-state index in [9.17, 15) is 9.59 Å². The van der Waals surface area contributed by atoms with Gasteiger partial charge in [-0.25, -0.2) is 0 Å². The van der Waals surface area contributed by atoms with Gasteiger partial charge in [-0.1, -0.05) is 0 Å². The molecule has 3 heterocycles. The van der Waals surface area contributed by atoms with Gasteiger partial charge in [0.05, 0.1) is 13.1 Å². The first-order valence-electron chi connectivity index (χ1n) is 10.4. The summed E-state index contributed by atoms with van der Waals surface area (Å²) in [6.07, 6.45) is 4.63. The van der Waals surface area contributed by atoms with E-state index in [1.54, 1.807) is 0 Å². The van der Waals surface area contributed by atoms with Crippen LogP contribution < -0.4 is 14.7 Å². The van der Waals surface area contributed by atoms with Crippen LogP contribution in [-0.2, 0) is 19.1 Å². The monoisotopic (exact) mass is 441 g/mol. The zero-order chi connectivity index (χ0) is 20.6. The summed E-state index contributed by atoms with van der Waals surface area (Å²) in [6, 6.07) is 1.99. The Bertz CT molecular complexity index is 654. The second-order valence-electron chi connectivity index (χ2n) is 7.44. The Balaban J connectivity index is 0.00000320. The van der Waals surface area contributed by atoms with Crippen molar-refractivity contribution < 1.29 is 19.1 Å². The molecule has 2 aliphatic heterocycles. The third-order valence-electron chi connectivity index (χ3n) is 5.16. The molecule has 30 heavy (non-hydrogen) atoms. The highest BCUT2D eigenvalue weighted by Gasteiger charge is 2.22. The van der Waals surface area contributed by atoms with Gasteiger partial charge in [0.25, 0.3) is 0 Å². The molecule has 168 valence electrons. The van der Waals surface area contributed by atoms with Crippen molar-refractivity contribution >= 4 is 41.9 Å². The maximum atomic E-state index is 11.2. The van der Waals surface area contributed by atoms with Crippen LogP contribution in [0.1, 0.15) is 39.5 Å². The molecule has 0 bridgehead atoms. The van der Waals surface area contributed by atoms with E-state index in [2.05, 4.69) is 9.80 Å². The van der Waals surface area contributed by atoms with Crippen LogP contribution in [0.2, 0.25) is 0 Å². The second kappa shape index (κ2) is 11.8. The lowest BCUT2D eigenvalue weighted by Gasteiger charge is -2.27. The molecule has 0 aliphatic carbocycles. The van der Waals surface area contributed by atoms with E-state index >= 15 is 0 Å². The maximum absolute atomic E-state index is 11.2. The summed E-state index contributed by atoms with van der Waals surface area (Å²) >= 11 is 0. The Hall–Kier alpha value is -2.29. The quantitative estimate of drug-likeness (QED) is 0.534. The van der Waals surface area contributed by atoms with Gasteiger partial charge in [0.1, 0.15) is 24.8 Å². The average Bonchev–Trinajstić information content (AvgIpc) is 3.39. The van der Waals surface area contributed by atoms with Gasteiger partial charge in [0.15, 0.2) is 0 Å². The van der Waals surface area contributed by atoms with Gasteiger partial charge in [-0.15, -0.1) is 12.4 Å². The predicted molar refractivity (Wildman–Crippen MR) is 118 cm³/mol. The predicted octanol–water partition coefficient (Wildman–Crippen LogP) is 2.03. The van der Waals surface area contributed by atoms with Crippen molar-refractivity contribution in [2.24, 2.45) is 0 Å². The fourth-order valence-corrected chi connectivity index (χ4v) is 3.68. The number of anilines is 3. The fraction of sp³-hybridized carbons (Fsp3) is 0.700. The average molecular weight is 442 g/mol. The Morgan fingerprint density at radius 3 is 1.90 bits per heavy atom. The highest BCUT2D eigenvalue weighted by molar-refractivity contribution is 5.85. The minimum Gasteiger partial charge on any atom is -0.464 e. The van der Waals surface area contributed by atoms with Gasteiger partial charge in [0.2, 0.25) is 5.95 Å².